The van der Waals surface area contributed by atoms with Gasteiger partial charge in [-0.3, -0.25) is 13.9 Å². The largest absolute Gasteiger partial charge is 0.352 e. The van der Waals surface area contributed by atoms with E-state index in [9.17, 15) is 18.0 Å². The van der Waals surface area contributed by atoms with Gasteiger partial charge in [0.1, 0.15) is 12.6 Å². The van der Waals surface area contributed by atoms with Crippen molar-refractivity contribution in [3.63, 3.8) is 0 Å². The minimum Gasteiger partial charge on any atom is -0.352 e. The van der Waals surface area contributed by atoms with E-state index >= 15 is 0 Å². The highest BCUT2D eigenvalue weighted by molar-refractivity contribution is 7.92. The molecule has 1 aliphatic carbocycles. The van der Waals surface area contributed by atoms with E-state index in [2.05, 4.69) is 5.32 Å². The molecule has 1 atom stereocenters. The summed E-state index contributed by atoms with van der Waals surface area (Å²) in [4.78, 5) is 29.8. The normalized spacial score (nSPS) is 14.7. The molecule has 0 radical (unpaired) electrons. The van der Waals surface area contributed by atoms with Gasteiger partial charge in [-0.15, -0.1) is 0 Å². The third-order valence-corrected chi connectivity index (χ3v) is 9.33. The fourth-order valence-corrected chi connectivity index (χ4v) is 6.47. The molecule has 0 spiro atoms. The van der Waals surface area contributed by atoms with Crippen molar-refractivity contribution in [2.45, 2.75) is 71.0 Å². The lowest BCUT2D eigenvalue weighted by atomic mass is 9.94. The summed E-state index contributed by atoms with van der Waals surface area (Å²) < 4.78 is 27.0. The van der Waals surface area contributed by atoms with Crippen LogP contribution in [0.3, 0.4) is 0 Å². The van der Waals surface area contributed by atoms with Crippen LogP contribution in [0.2, 0.25) is 5.02 Å². The Labute approximate surface area is 254 Å². The van der Waals surface area contributed by atoms with Gasteiger partial charge < -0.3 is 10.2 Å². The number of carbonyl (C=O) groups is 2. The summed E-state index contributed by atoms with van der Waals surface area (Å²) in [7, 11) is -3.86. The number of hydrogen-bond donors (Lipinski definition) is 1. The van der Waals surface area contributed by atoms with Crippen molar-refractivity contribution < 1.29 is 18.0 Å². The van der Waals surface area contributed by atoms with Crippen LogP contribution in [0.4, 0.5) is 5.69 Å². The van der Waals surface area contributed by atoms with Crippen LogP contribution in [-0.4, -0.2) is 50.0 Å². The fourth-order valence-electron chi connectivity index (χ4n) is 5.46. The van der Waals surface area contributed by atoms with Crippen molar-refractivity contribution in [1.82, 2.24) is 10.2 Å². The van der Waals surface area contributed by atoms with Gasteiger partial charge in [0.15, 0.2) is 0 Å². The van der Waals surface area contributed by atoms with E-state index < -0.39 is 28.5 Å². The molecule has 4 rings (SSSR count). The number of aryl methyl sites for hydroxylation is 2. The highest BCUT2D eigenvalue weighted by Crippen LogP contribution is 2.26. The minimum absolute atomic E-state index is 0.0580. The average molecular weight is 610 g/mol. The topological polar surface area (TPSA) is 86.8 Å². The molecule has 1 saturated carbocycles. The van der Waals surface area contributed by atoms with Gasteiger partial charge >= 0.3 is 0 Å². The molecular formula is C33H40ClN3O4S. The predicted octanol–water partition coefficient (Wildman–Crippen LogP) is 5.81. The van der Waals surface area contributed by atoms with E-state index in [4.69, 9.17) is 11.6 Å². The van der Waals surface area contributed by atoms with Gasteiger partial charge in [0.05, 0.1) is 11.9 Å². The Balaban J connectivity index is 1.73. The fraction of sp³-hybridized carbons (Fsp3) is 0.394. The van der Waals surface area contributed by atoms with Crippen molar-refractivity contribution in [1.29, 1.82) is 0 Å². The van der Waals surface area contributed by atoms with Gasteiger partial charge in [-0.05, 0) is 55.5 Å². The lowest BCUT2D eigenvalue weighted by Crippen LogP contribution is -2.55. The van der Waals surface area contributed by atoms with Crippen molar-refractivity contribution in [3.8, 4) is 0 Å². The van der Waals surface area contributed by atoms with E-state index in [0.717, 1.165) is 64.9 Å². The number of halogens is 1. The first-order valence-corrected chi connectivity index (χ1v) is 16.7. The molecule has 7 nitrogen and oxygen atoms in total. The second kappa shape index (κ2) is 14.2. The van der Waals surface area contributed by atoms with Crippen molar-refractivity contribution >= 4 is 39.1 Å². The van der Waals surface area contributed by atoms with E-state index in [1.807, 2.05) is 68.4 Å². The zero-order valence-corrected chi connectivity index (χ0v) is 26.1. The van der Waals surface area contributed by atoms with Crippen LogP contribution in [0.15, 0.2) is 72.8 Å². The zero-order valence-electron chi connectivity index (χ0n) is 24.6. The number of anilines is 1. The van der Waals surface area contributed by atoms with Gasteiger partial charge in [0.2, 0.25) is 21.8 Å². The van der Waals surface area contributed by atoms with Gasteiger partial charge in [-0.1, -0.05) is 97.1 Å². The smallest absolute Gasteiger partial charge is 0.244 e. The molecule has 0 aliphatic heterocycles. The molecule has 0 unspecified atom stereocenters. The summed E-state index contributed by atoms with van der Waals surface area (Å²) in [5.74, 6) is -0.700. The number of nitrogens with one attached hydrogen (secondary N) is 1. The maximum absolute atomic E-state index is 14.2. The molecule has 1 aliphatic rings. The number of amides is 2. The Morgan fingerprint density at radius 3 is 2.26 bits per heavy atom. The molecule has 0 saturated heterocycles. The highest BCUT2D eigenvalue weighted by Gasteiger charge is 2.34. The quantitative estimate of drug-likeness (QED) is 0.297. The number of nitrogens with zero attached hydrogens (tertiary/aromatic N) is 2. The molecule has 0 bridgehead atoms. The first kappa shape index (κ1) is 31.6. The molecule has 1 N–H and O–H groups in total. The average Bonchev–Trinajstić information content (AvgIpc) is 2.95. The minimum atomic E-state index is -3.86. The molecule has 224 valence electrons. The predicted molar refractivity (Wildman–Crippen MR) is 169 cm³/mol. The number of rotatable bonds is 11. The molecule has 0 heterocycles. The number of benzene rings is 3. The van der Waals surface area contributed by atoms with Crippen LogP contribution in [-0.2, 0) is 32.6 Å². The first-order valence-electron chi connectivity index (χ1n) is 14.4. The van der Waals surface area contributed by atoms with Gasteiger partial charge in [-0.25, -0.2) is 8.42 Å². The summed E-state index contributed by atoms with van der Waals surface area (Å²) in [5.41, 5.74) is 3.88. The lowest BCUT2D eigenvalue weighted by Gasteiger charge is -2.35. The van der Waals surface area contributed by atoms with Crippen LogP contribution in [0.1, 0.15) is 54.4 Å². The molecule has 9 heteroatoms. The van der Waals surface area contributed by atoms with Crippen LogP contribution in [0, 0.1) is 13.8 Å². The number of hydrogen-bond acceptors (Lipinski definition) is 4. The molecular weight excluding hydrogens is 570 g/mol. The Morgan fingerprint density at radius 1 is 0.929 bits per heavy atom. The van der Waals surface area contributed by atoms with Gasteiger partial charge in [0, 0.05) is 24.0 Å². The molecule has 2 amide bonds. The molecule has 0 aromatic heterocycles. The molecule has 1 fully saturated rings. The van der Waals surface area contributed by atoms with Crippen LogP contribution < -0.4 is 9.62 Å². The zero-order chi connectivity index (χ0) is 30.3. The number of sulfonamides is 1. The third kappa shape index (κ3) is 8.58. The standard InChI is InChI=1S/C33H40ClN3O4S/c1-24-11-10-14-27(19-24)22-36(32(38)23-37(42(3,40)41)29-18-17-25(2)30(34)21-29)31(20-26-12-6-4-7-13-26)33(39)35-28-15-8-5-9-16-28/h4,6-7,10-14,17-19,21,28,31H,5,8-9,15-16,20,22-23H2,1-3H3,(H,35,39)/t31-/m1/s1. The SMILES string of the molecule is Cc1cccc(CN(C(=O)CN(c2ccc(C)c(Cl)c2)S(C)(=O)=O)[C@H](Cc2ccccc2)C(=O)NC2CCCCC2)c1. The van der Waals surface area contributed by atoms with E-state index in [1.54, 1.807) is 18.2 Å². The van der Waals surface area contributed by atoms with E-state index in [-0.39, 0.29) is 18.5 Å². The summed E-state index contributed by atoms with van der Waals surface area (Å²) in [6.45, 7) is 3.48. The lowest BCUT2D eigenvalue weighted by molar-refractivity contribution is -0.140. The Bertz CT molecular complexity index is 1490. The monoisotopic (exact) mass is 609 g/mol. The first-order chi connectivity index (χ1) is 20.0. The summed E-state index contributed by atoms with van der Waals surface area (Å²) in [6.07, 6.45) is 6.45. The van der Waals surface area contributed by atoms with Crippen molar-refractivity contribution in [3.05, 3.63) is 100 Å². The summed E-state index contributed by atoms with van der Waals surface area (Å²) in [6, 6.07) is 21.5. The van der Waals surface area contributed by atoms with Crippen molar-refractivity contribution in [2.24, 2.45) is 0 Å². The maximum Gasteiger partial charge on any atom is 0.244 e. The summed E-state index contributed by atoms with van der Waals surface area (Å²) in [5, 5.41) is 3.62. The van der Waals surface area contributed by atoms with Crippen molar-refractivity contribution in [2.75, 3.05) is 17.1 Å². The molecule has 42 heavy (non-hydrogen) atoms. The second-order valence-electron chi connectivity index (χ2n) is 11.3. The van der Waals surface area contributed by atoms with E-state index in [1.165, 1.54) is 4.90 Å². The van der Waals surface area contributed by atoms with Crippen LogP contribution in [0.5, 0.6) is 0 Å². The van der Waals surface area contributed by atoms with Gasteiger partial charge in [0.25, 0.3) is 0 Å². The Morgan fingerprint density at radius 2 is 1.62 bits per heavy atom. The maximum atomic E-state index is 14.2. The molecule has 3 aromatic rings. The van der Waals surface area contributed by atoms with Gasteiger partial charge in [-0.2, -0.15) is 0 Å². The Hall–Kier alpha value is -3.36. The second-order valence-corrected chi connectivity index (χ2v) is 13.6. The summed E-state index contributed by atoms with van der Waals surface area (Å²) >= 11 is 6.33. The number of carbonyl (C=O) groups excluding carboxylic acids is 2. The Kier molecular flexibility index (Phi) is 10.7. The van der Waals surface area contributed by atoms with E-state index in [0.29, 0.717) is 17.1 Å². The van der Waals surface area contributed by atoms with Crippen LogP contribution >= 0.6 is 11.6 Å². The third-order valence-electron chi connectivity index (χ3n) is 7.78. The van der Waals surface area contributed by atoms with Crippen LogP contribution in [0.25, 0.3) is 0 Å². The highest BCUT2D eigenvalue weighted by atomic mass is 35.5. The molecule has 3 aromatic carbocycles.